The van der Waals surface area contributed by atoms with Gasteiger partial charge in [-0.25, -0.2) is 4.39 Å². The van der Waals surface area contributed by atoms with E-state index in [1.807, 2.05) is 6.92 Å². The predicted molar refractivity (Wildman–Crippen MR) is 55.9 cm³/mol. The van der Waals surface area contributed by atoms with Crippen LogP contribution in [0.3, 0.4) is 0 Å². The van der Waals surface area contributed by atoms with Crippen molar-refractivity contribution in [1.29, 1.82) is 0 Å². The predicted octanol–water partition coefficient (Wildman–Crippen LogP) is 3.04. The molecule has 1 N–H and O–H groups in total. The Morgan fingerprint density at radius 2 is 2.21 bits per heavy atom. The number of hydrogen-bond acceptors (Lipinski definition) is 2. The molecular weight excluding hydrogens is 251 g/mol. The van der Waals surface area contributed by atoms with Gasteiger partial charge in [0.1, 0.15) is 11.6 Å². The van der Waals surface area contributed by atoms with Gasteiger partial charge in [0, 0.05) is 5.56 Å². The number of rotatable bonds is 3. The molecule has 0 amide bonds. The number of methoxy groups -OCH3 is 1. The fraction of sp³-hybridized carbons (Fsp3) is 0.400. The SMILES string of the molecule is CCC(O)c1cc(F)c(Br)cc1OC. The Morgan fingerprint density at radius 1 is 1.57 bits per heavy atom. The highest BCUT2D eigenvalue weighted by atomic mass is 79.9. The van der Waals surface area contributed by atoms with Crippen molar-refractivity contribution in [3.8, 4) is 5.75 Å². The van der Waals surface area contributed by atoms with Gasteiger partial charge in [0.15, 0.2) is 0 Å². The molecular formula is C10H12BrFO2. The summed E-state index contributed by atoms with van der Waals surface area (Å²) in [5, 5.41) is 9.59. The summed E-state index contributed by atoms with van der Waals surface area (Å²) < 4.78 is 18.6. The van der Waals surface area contributed by atoms with Crippen LogP contribution >= 0.6 is 15.9 Å². The smallest absolute Gasteiger partial charge is 0.138 e. The normalized spacial score (nSPS) is 12.6. The number of ether oxygens (including phenoxy) is 1. The second kappa shape index (κ2) is 4.75. The van der Waals surface area contributed by atoms with Crippen molar-refractivity contribution in [1.82, 2.24) is 0 Å². The second-order valence-electron chi connectivity index (χ2n) is 2.93. The zero-order chi connectivity index (χ0) is 10.7. The number of aliphatic hydroxyl groups is 1. The Morgan fingerprint density at radius 3 is 2.71 bits per heavy atom. The molecule has 1 unspecified atom stereocenters. The Hall–Kier alpha value is -0.610. The van der Waals surface area contributed by atoms with Gasteiger partial charge in [-0.1, -0.05) is 6.92 Å². The molecule has 1 rings (SSSR count). The minimum atomic E-state index is -0.687. The molecule has 1 aromatic rings. The van der Waals surface area contributed by atoms with Crippen LogP contribution in [0.15, 0.2) is 16.6 Å². The van der Waals surface area contributed by atoms with Crippen molar-refractivity contribution in [2.24, 2.45) is 0 Å². The highest BCUT2D eigenvalue weighted by molar-refractivity contribution is 9.10. The summed E-state index contributed by atoms with van der Waals surface area (Å²) in [5.41, 5.74) is 0.482. The molecule has 78 valence electrons. The Bertz CT molecular complexity index is 328. The lowest BCUT2D eigenvalue weighted by molar-refractivity contribution is 0.169. The Balaban J connectivity index is 3.19. The number of aliphatic hydroxyl groups excluding tert-OH is 1. The topological polar surface area (TPSA) is 29.5 Å². The highest BCUT2D eigenvalue weighted by Gasteiger charge is 2.14. The van der Waals surface area contributed by atoms with Crippen LogP contribution in [0.2, 0.25) is 0 Å². The Labute approximate surface area is 90.8 Å². The van der Waals surface area contributed by atoms with Gasteiger partial charge in [0.25, 0.3) is 0 Å². The van der Waals surface area contributed by atoms with Gasteiger partial charge in [-0.05, 0) is 34.5 Å². The van der Waals surface area contributed by atoms with Gasteiger partial charge >= 0.3 is 0 Å². The molecule has 0 aliphatic heterocycles. The van der Waals surface area contributed by atoms with Crippen molar-refractivity contribution in [3.05, 3.63) is 28.0 Å². The lowest BCUT2D eigenvalue weighted by atomic mass is 10.1. The third-order valence-corrected chi connectivity index (χ3v) is 2.63. The number of halogens is 2. The van der Waals surface area contributed by atoms with E-state index in [0.717, 1.165) is 0 Å². The molecule has 0 aromatic heterocycles. The Kier molecular flexibility index (Phi) is 3.89. The summed E-state index contributed by atoms with van der Waals surface area (Å²) in [5.74, 6) is 0.0981. The van der Waals surface area contributed by atoms with E-state index in [1.54, 1.807) is 0 Å². The molecule has 14 heavy (non-hydrogen) atoms. The van der Waals surface area contributed by atoms with Crippen LogP contribution < -0.4 is 4.74 Å². The number of hydrogen-bond donors (Lipinski definition) is 1. The van der Waals surface area contributed by atoms with Gasteiger partial charge < -0.3 is 9.84 Å². The van der Waals surface area contributed by atoms with E-state index in [2.05, 4.69) is 15.9 Å². The van der Waals surface area contributed by atoms with E-state index >= 15 is 0 Å². The maximum atomic E-state index is 13.2. The lowest BCUT2D eigenvalue weighted by Gasteiger charge is -2.13. The summed E-state index contributed by atoms with van der Waals surface area (Å²) in [6, 6.07) is 2.81. The van der Waals surface area contributed by atoms with E-state index in [-0.39, 0.29) is 0 Å². The minimum absolute atomic E-state index is 0.335. The monoisotopic (exact) mass is 262 g/mol. The molecule has 2 nitrogen and oxygen atoms in total. The van der Waals surface area contributed by atoms with Crippen LogP contribution in [0, 0.1) is 5.82 Å². The third kappa shape index (κ3) is 2.25. The van der Waals surface area contributed by atoms with Crippen molar-refractivity contribution < 1.29 is 14.2 Å². The molecule has 1 atom stereocenters. The quantitative estimate of drug-likeness (QED) is 0.908. The van der Waals surface area contributed by atoms with Crippen molar-refractivity contribution in [2.75, 3.05) is 7.11 Å². The van der Waals surface area contributed by atoms with E-state index < -0.39 is 11.9 Å². The first kappa shape index (κ1) is 11.5. The van der Waals surface area contributed by atoms with Crippen LogP contribution in [-0.2, 0) is 0 Å². The molecule has 0 fully saturated rings. The second-order valence-corrected chi connectivity index (χ2v) is 3.79. The fourth-order valence-corrected chi connectivity index (χ4v) is 1.52. The van der Waals surface area contributed by atoms with E-state index in [0.29, 0.717) is 22.2 Å². The standard InChI is InChI=1S/C10H12BrFO2/c1-3-9(13)6-4-8(12)7(11)5-10(6)14-2/h4-5,9,13H,3H2,1-2H3. The van der Waals surface area contributed by atoms with E-state index in [1.165, 1.54) is 19.2 Å². The molecule has 0 saturated carbocycles. The van der Waals surface area contributed by atoms with Crippen molar-refractivity contribution >= 4 is 15.9 Å². The van der Waals surface area contributed by atoms with Gasteiger partial charge in [0.05, 0.1) is 17.7 Å². The van der Waals surface area contributed by atoms with Gasteiger partial charge in [-0.3, -0.25) is 0 Å². The highest BCUT2D eigenvalue weighted by Crippen LogP contribution is 2.31. The maximum absolute atomic E-state index is 13.2. The molecule has 1 aromatic carbocycles. The van der Waals surface area contributed by atoms with Crippen LogP contribution in [0.5, 0.6) is 5.75 Å². The molecule has 4 heteroatoms. The summed E-state index contributed by atoms with van der Waals surface area (Å²) in [7, 11) is 1.49. The third-order valence-electron chi connectivity index (χ3n) is 2.02. The van der Waals surface area contributed by atoms with E-state index in [4.69, 9.17) is 4.74 Å². The largest absolute Gasteiger partial charge is 0.496 e. The van der Waals surface area contributed by atoms with Gasteiger partial charge in [0.2, 0.25) is 0 Å². The first-order valence-corrected chi connectivity index (χ1v) is 5.10. The van der Waals surface area contributed by atoms with Crippen molar-refractivity contribution in [2.45, 2.75) is 19.4 Å². The molecule has 0 spiro atoms. The summed E-state index contributed by atoms with van der Waals surface area (Å²) >= 11 is 3.06. The molecule has 0 aliphatic carbocycles. The van der Waals surface area contributed by atoms with Crippen LogP contribution in [0.4, 0.5) is 4.39 Å². The van der Waals surface area contributed by atoms with Crippen LogP contribution in [-0.4, -0.2) is 12.2 Å². The first-order chi connectivity index (χ1) is 6.60. The number of benzene rings is 1. The summed E-state index contributed by atoms with van der Waals surface area (Å²) in [6.07, 6.45) is -0.162. The average molecular weight is 263 g/mol. The summed E-state index contributed by atoms with van der Waals surface area (Å²) in [6.45, 7) is 1.82. The first-order valence-electron chi connectivity index (χ1n) is 4.31. The molecule has 0 bridgehead atoms. The summed E-state index contributed by atoms with van der Waals surface area (Å²) in [4.78, 5) is 0. The fourth-order valence-electron chi connectivity index (χ4n) is 1.20. The minimum Gasteiger partial charge on any atom is -0.496 e. The van der Waals surface area contributed by atoms with Crippen molar-refractivity contribution in [3.63, 3.8) is 0 Å². The van der Waals surface area contributed by atoms with Gasteiger partial charge in [-0.2, -0.15) is 0 Å². The molecule has 0 radical (unpaired) electrons. The molecule has 0 heterocycles. The van der Waals surface area contributed by atoms with Crippen LogP contribution in [0.1, 0.15) is 25.0 Å². The zero-order valence-electron chi connectivity index (χ0n) is 8.05. The average Bonchev–Trinajstić information content (AvgIpc) is 2.20. The van der Waals surface area contributed by atoms with Crippen LogP contribution in [0.25, 0.3) is 0 Å². The van der Waals surface area contributed by atoms with E-state index in [9.17, 15) is 9.50 Å². The zero-order valence-corrected chi connectivity index (χ0v) is 9.64. The van der Waals surface area contributed by atoms with Gasteiger partial charge in [-0.15, -0.1) is 0 Å². The lowest BCUT2D eigenvalue weighted by Crippen LogP contribution is -2.00. The molecule has 0 saturated heterocycles. The molecule has 0 aliphatic rings. The maximum Gasteiger partial charge on any atom is 0.138 e.